The number of aryl methyl sites for hydroxylation is 3. The third-order valence-electron chi connectivity index (χ3n) is 5.59. The fourth-order valence-electron chi connectivity index (χ4n) is 3.89. The number of thiophene rings is 1. The van der Waals surface area contributed by atoms with Gasteiger partial charge in [0.2, 0.25) is 0 Å². The summed E-state index contributed by atoms with van der Waals surface area (Å²) in [6.45, 7) is 5.78. The minimum Gasteiger partial charge on any atom is -0.496 e. The van der Waals surface area contributed by atoms with Crippen molar-refractivity contribution in [3.63, 3.8) is 0 Å². The van der Waals surface area contributed by atoms with Crippen LogP contribution in [0.5, 0.6) is 5.75 Å². The van der Waals surface area contributed by atoms with Crippen LogP contribution < -0.4 is 14.4 Å². The fourth-order valence-corrected chi connectivity index (χ4v) is 6.10. The second kappa shape index (κ2) is 9.12. The molecule has 0 unspecified atom stereocenters. The van der Waals surface area contributed by atoms with Gasteiger partial charge in [0, 0.05) is 17.4 Å². The standard InChI is InChI=1S/C26H26N2O4S2/c1-16-10-17(2)12-20(11-16)27-26(29)25-15-19-14-21(6-9-24(19)33-25)28(4)34(30,31)22-7-8-23(32-5)18(3)13-22/h6-15H,1-5H3,(H,27,29). The normalized spacial score (nSPS) is 11.4. The number of carbonyl (C=O) groups excluding carboxylic acids is 1. The molecule has 1 heterocycles. The minimum absolute atomic E-state index is 0.187. The van der Waals surface area contributed by atoms with Gasteiger partial charge in [0.25, 0.3) is 15.9 Å². The Bertz CT molecular complexity index is 1490. The monoisotopic (exact) mass is 494 g/mol. The molecule has 3 aromatic carbocycles. The number of nitrogens with zero attached hydrogens (tertiary/aromatic N) is 1. The summed E-state index contributed by atoms with van der Waals surface area (Å²) in [6, 6.07) is 17.9. The molecule has 4 rings (SSSR count). The molecule has 0 fully saturated rings. The van der Waals surface area contributed by atoms with Crippen LogP contribution in [0.2, 0.25) is 0 Å². The summed E-state index contributed by atoms with van der Waals surface area (Å²) in [4.78, 5) is 13.6. The SMILES string of the molecule is COc1ccc(S(=O)(=O)N(C)c2ccc3sc(C(=O)Nc4cc(C)cc(C)c4)cc3c2)cc1C. The lowest BCUT2D eigenvalue weighted by Gasteiger charge is -2.20. The molecule has 6 nitrogen and oxygen atoms in total. The number of nitrogens with one attached hydrogen (secondary N) is 1. The van der Waals surface area contributed by atoms with Crippen molar-refractivity contribution >= 4 is 48.7 Å². The Morgan fingerprint density at radius 1 is 0.941 bits per heavy atom. The van der Waals surface area contributed by atoms with E-state index in [1.54, 1.807) is 44.4 Å². The highest BCUT2D eigenvalue weighted by molar-refractivity contribution is 7.92. The van der Waals surface area contributed by atoms with Gasteiger partial charge in [0.15, 0.2) is 0 Å². The van der Waals surface area contributed by atoms with Gasteiger partial charge in [-0.25, -0.2) is 8.42 Å². The largest absolute Gasteiger partial charge is 0.496 e. The number of anilines is 2. The topological polar surface area (TPSA) is 75.7 Å². The lowest BCUT2D eigenvalue weighted by atomic mass is 10.1. The van der Waals surface area contributed by atoms with E-state index in [1.807, 2.05) is 32.0 Å². The van der Waals surface area contributed by atoms with Crippen LogP contribution in [0.25, 0.3) is 10.1 Å². The predicted octanol–water partition coefficient (Wildman–Crippen LogP) is 5.91. The first-order valence-electron chi connectivity index (χ1n) is 10.7. The number of fused-ring (bicyclic) bond motifs is 1. The first-order valence-corrected chi connectivity index (χ1v) is 12.9. The highest BCUT2D eigenvalue weighted by Crippen LogP contribution is 2.32. The van der Waals surface area contributed by atoms with E-state index in [0.717, 1.165) is 32.5 Å². The zero-order valence-electron chi connectivity index (χ0n) is 19.7. The fraction of sp³-hybridized carbons (Fsp3) is 0.192. The highest BCUT2D eigenvalue weighted by atomic mass is 32.2. The second-order valence-corrected chi connectivity index (χ2v) is 11.3. The molecule has 4 aromatic rings. The number of hydrogen-bond acceptors (Lipinski definition) is 5. The average Bonchev–Trinajstić information content (AvgIpc) is 3.21. The van der Waals surface area contributed by atoms with Crippen LogP contribution in [0, 0.1) is 20.8 Å². The zero-order valence-corrected chi connectivity index (χ0v) is 21.3. The van der Waals surface area contributed by atoms with Crippen LogP contribution in [-0.2, 0) is 10.0 Å². The van der Waals surface area contributed by atoms with Gasteiger partial charge < -0.3 is 10.1 Å². The maximum atomic E-state index is 13.2. The molecule has 0 aliphatic rings. The minimum atomic E-state index is -3.76. The van der Waals surface area contributed by atoms with Crippen LogP contribution >= 0.6 is 11.3 Å². The Morgan fingerprint density at radius 3 is 2.29 bits per heavy atom. The molecule has 0 radical (unpaired) electrons. The van der Waals surface area contributed by atoms with Crippen molar-refractivity contribution in [1.82, 2.24) is 0 Å². The molecule has 0 aliphatic heterocycles. The van der Waals surface area contributed by atoms with Crippen molar-refractivity contribution in [3.05, 3.63) is 82.2 Å². The Kier molecular flexibility index (Phi) is 6.38. The Hall–Kier alpha value is -3.36. The number of benzene rings is 3. The Morgan fingerprint density at radius 2 is 1.65 bits per heavy atom. The van der Waals surface area contributed by atoms with Crippen molar-refractivity contribution in [2.45, 2.75) is 25.7 Å². The molecule has 0 saturated heterocycles. The Balaban J connectivity index is 1.61. The van der Waals surface area contributed by atoms with Crippen LogP contribution in [-0.4, -0.2) is 28.5 Å². The molecule has 176 valence electrons. The van der Waals surface area contributed by atoms with Crippen molar-refractivity contribution in [3.8, 4) is 5.75 Å². The van der Waals surface area contributed by atoms with Gasteiger partial charge in [0.05, 0.1) is 22.6 Å². The molecule has 0 aliphatic carbocycles. The van der Waals surface area contributed by atoms with Gasteiger partial charge in [-0.15, -0.1) is 11.3 Å². The van der Waals surface area contributed by atoms with E-state index in [-0.39, 0.29) is 10.8 Å². The smallest absolute Gasteiger partial charge is 0.265 e. The Labute approximate surface area is 203 Å². The van der Waals surface area contributed by atoms with E-state index >= 15 is 0 Å². The number of rotatable bonds is 6. The van der Waals surface area contributed by atoms with Crippen molar-refractivity contribution < 1.29 is 17.9 Å². The van der Waals surface area contributed by atoms with Gasteiger partial charge in [0.1, 0.15) is 5.75 Å². The van der Waals surface area contributed by atoms with E-state index < -0.39 is 10.0 Å². The summed E-state index contributed by atoms with van der Waals surface area (Å²) in [5.41, 5.74) is 4.16. The third-order valence-corrected chi connectivity index (χ3v) is 8.49. The summed E-state index contributed by atoms with van der Waals surface area (Å²) in [6.07, 6.45) is 0. The number of methoxy groups -OCH3 is 1. The van der Waals surface area contributed by atoms with E-state index in [4.69, 9.17) is 4.74 Å². The van der Waals surface area contributed by atoms with Gasteiger partial charge in [-0.05, 0) is 97.4 Å². The molecule has 1 amide bonds. The van der Waals surface area contributed by atoms with E-state index in [2.05, 4.69) is 11.4 Å². The molecule has 34 heavy (non-hydrogen) atoms. The quantitative estimate of drug-likeness (QED) is 0.361. The molecule has 0 saturated carbocycles. The highest BCUT2D eigenvalue weighted by Gasteiger charge is 2.23. The van der Waals surface area contributed by atoms with Crippen molar-refractivity contribution in [2.24, 2.45) is 0 Å². The molecule has 0 atom stereocenters. The maximum absolute atomic E-state index is 13.2. The van der Waals surface area contributed by atoms with Gasteiger partial charge in [-0.3, -0.25) is 9.10 Å². The molecular weight excluding hydrogens is 468 g/mol. The van der Waals surface area contributed by atoms with E-state index in [9.17, 15) is 13.2 Å². The van der Waals surface area contributed by atoms with Gasteiger partial charge >= 0.3 is 0 Å². The molecule has 1 N–H and O–H groups in total. The summed E-state index contributed by atoms with van der Waals surface area (Å²) in [5, 5.41) is 3.76. The molecule has 0 spiro atoms. The summed E-state index contributed by atoms with van der Waals surface area (Å²) < 4.78 is 33.8. The molecule has 1 aromatic heterocycles. The van der Waals surface area contributed by atoms with E-state index in [1.165, 1.54) is 28.8 Å². The van der Waals surface area contributed by atoms with Crippen molar-refractivity contribution in [2.75, 3.05) is 23.8 Å². The molecular formula is C26H26N2O4S2. The summed E-state index contributed by atoms with van der Waals surface area (Å²) >= 11 is 1.37. The van der Waals surface area contributed by atoms with Crippen LogP contribution in [0.15, 0.2) is 65.6 Å². The van der Waals surface area contributed by atoms with Gasteiger partial charge in [-0.1, -0.05) is 6.07 Å². The van der Waals surface area contributed by atoms with Crippen LogP contribution in [0.3, 0.4) is 0 Å². The van der Waals surface area contributed by atoms with E-state index in [0.29, 0.717) is 16.3 Å². The third kappa shape index (κ3) is 4.64. The summed E-state index contributed by atoms with van der Waals surface area (Å²) in [7, 11) is -0.690. The van der Waals surface area contributed by atoms with Gasteiger partial charge in [-0.2, -0.15) is 0 Å². The van der Waals surface area contributed by atoms with Crippen LogP contribution in [0.4, 0.5) is 11.4 Å². The predicted molar refractivity (Wildman–Crippen MR) is 139 cm³/mol. The maximum Gasteiger partial charge on any atom is 0.265 e. The number of sulfonamides is 1. The second-order valence-electron chi connectivity index (χ2n) is 8.27. The lowest BCUT2D eigenvalue weighted by molar-refractivity contribution is 0.103. The number of ether oxygens (including phenoxy) is 1. The molecule has 8 heteroatoms. The number of hydrogen-bond donors (Lipinski definition) is 1. The first kappa shape index (κ1) is 23.8. The lowest BCUT2D eigenvalue weighted by Crippen LogP contribution is -2.26. The number of carbonyl (C=O) groups is 1. The van der Waals surface area contributed by atoms with Crippen molar-refractivity contribution in [1.29, 1.82) is 0 Å². The van der Waals surface area contributed by atoms with Crippen LogP contribution in [0.1, 0.15) is 26.4 Å². The zero-order chi connectivity index (χ0) is 24.6. The first-order chi connectivity index (χ1) is 16.1. The summed E-state index contributed by atoms with van der Waals surface area (Å²) in [5.74, 6) is 0.440. The molecule has 0 bridgehead atoms. The number of amides is 1. The average molecular weight is 495 g/mol.